The molecule has 1 aromatic carbocycles. The number of nitrogens with one attached hydrogen (secondary N) is 1. The second kappa shape index (κ2) is 10.7. The summed E-state index contributed by atoms with van der Waals surface area (Å²) in [6.45, 7) is 12.9. The van der Waals surface area contributed by atoms with Gasteiger partial charge in [0.1, 0.15) is 5.82 Å². The van der Waals surface area contributed by atoms with Crippen LogP contribution < -0.4 is 20.7 Å². The first-order valence-corrected chi connectivity index (χ1v) is 12.1. The molecule has 4 nitrogen and oxygen atoms in total. The Balaban J connectivity index is 1.52. The molecule has 0 radical (unpaired) electrons. The van der Waals surface area contributed by atoms with Crippen molar-refractivity contribution in [2.45, 2.75) is 32.2 Å². The second-order valence-electron chi connectivity index (χ2n) is 9.25. The molecule has 2 aromatic rings. The molecule has 2 aliphatic rings. The van der Waals surface area contributed by atoms with E-state index < -0.39 is 0 Å². The zero-order valence-electron chi connectivity index (χ0n) is 20.7. The largest absolute Gasteiger partial charge is 0.357 e. The molecule has 176 valence electrons. The summed E-state index contributed by atoms with van der Waals surface area (Å²) in [7, 11) is 4.35. The molecule has 1 aliphatic carbocycles. The Kier molecular flexibility index (Phi) is 7.49. The maximum Gasteiger partial charge on any atom is 0.129 e. The van der Waals surface area contributed by atoms with Crippen molar-refractivity contribution in [2.75, 3.05) is 37.4 Å². The van der Waals surface area contributed by atoms with E-state index in [2.05, 4.69) is 109 Å². The molecule has 0 spiro atoms. The average Bonchev–Trinajstić information content (AvgIpc) is 3.39. The number of hydrogen-bond acceptors (Lipinski definition) is 4. The van der Waals surface area contributed by atoms with Crippen molar-refractivity contribution in [1.82, 2.24) is 9.88 Å². The fraction of sp³-hybridized carbons (Fsp3) is 0.300. The molecule has 2 heterocycles. The predicted molar refractivity (Wildman–Crippen MR) is 147 cm³/mol. The third kappa shape index (κ3) is 5.57. The average molecular weight is 453 g/mol. The van der Waals surface area contributed by atoms with E-state index in [1.807, 2.05) is 12.3 Å². The Hall–Kier alpha value is -3.37. The fourth-order valence-electron chi connectivity index (χ4n) is 4.59. The van der Waals surface area contributed by atoms with E-state index in [4.69, 9.17) is 0 Å². The minimum Gasteiger partial charge on any atom is -0.357 e. The van der Waals surface area contributed by atoms with Crippen molar-refractivity contribution in [3.63, 3.8) is 0 Å². The third-order valence-electron chi connectivity index (χ3n) is 6.86. The summed E-state index contributed by atoms with van der Waals surface area (Å²) < 4.78 is 0. The van der Waals surface area contributed by atoms with Crippen LogP contribution in [0.2, 0.25) is 0 Å². The van der Waals surface area contributed by atoms with Crippen molar-refractivity contribution in [2.24, 2.45) is 0 Å². The summed E-state index contributed by atoms with van der Waals surface area (Å²) in [5, 5.41) is 5.60. The smallest absolute Gasteiger partial charge is 0.129 e. The van der Waals surface area contributed by atoms with Crippen LogP contribution in [0.15, 0.2) is 78.6 Å². The summed E-state index contributed by atoms with van der Waals surface area (Å²) in [4.78, 5) is 9.35. The molecule has 0 unspecified atom stereocenters. The number of benzene rings is 1. The SMILES string of the molecule is C=C(Nc1ccc(=C)/c(=C\C(=CC)C2=CCC=C2)c1)c1ccnc(N(C)C2CCN(C)CC2)c1. The van der Waals surface area contributed by atoms with Gasteiger partial charge in [-0.1, -0.05) is 43.5 Å². The van der Waals surface area contributed by atoms with Gasteiger partial charge in [0.05, 0.1) is 0 Å². The van der Waals surface area contributed by atoms with Gasteiger partial charge in [-0.2, -0.15) is 0 Å². The summed E-state index contributed by atoms with van der Waals surface area (Å²) >= 11 is 0. The molecule has 0 saturated carbocycles. The zero-order valence-corrected chi connectivity index (χ0v) is 20.7. The maximum absolute atomic E-state index is 4.64. The standard InChI is InChI=1S/C30H36N4/c1-6-24(25-9-7-8-10-25)19-27-20-28(12-11-22(27)2)32-23(3)26-13-16-31-30(21-26)34(5)29-14-17-33(4)18-15-29/h6-7,9-13,16,19-21,29,32H,2-3,8,14-15,17-18H2,1,4-5H3/b24-6?,27-19-. The van der Waals surface area contributed by atoms with E-state index in [0.717, 1.165) is 65.6 Å². The molecule has 1 saturated heterocycles. The predicted octanol–water partition coefficient (Wildman–Crippen LogP) is 4.72. The molecule has 0 atom stereocenters. The van der Waals surface area contributed by atoms with Gasteiger partial charge < -0.3 is 15.1 Å². The Morgan fingerprint density at radius 3 is 2.71 bits per heavy atom. The summed E-state index contributed by atoms with van der Waals surface area (Å²) in [6, 6.07) is 10.9. The van der Waals surface area contributed by atoms with Crippen LogP contribution in [-0.4, -0.2) is 43.1 Å². The van der Waals surface area contributed by atoms with Gasteiger partial charge >= 0.3 is 0 Å². The highest BCUT2D eigenvalue weighted by Crippen LogP contribution is 2.24. The minimum absolute atomic E-state index is 0.522. The van der Waals surface area contributed by atoms with Crippen LogP contribution in [0, 0.1) is 0 Å². The lowest BCUT2D eigenvalue weighted by atomic mass is 10.0. The zero-order chi connectivity index (χ0) is 24.1. The highest BCUT2D eigenvalue weighted by Gasteiger charge is 2.21. The number of rotatable bonds is 7. The Morgan fingerprint density at radius 1 is 1.21 bits per heavy atom. The van der Waals surface area contributed by atoms with Crippen LogP contribution in [0.25, 0.3) is 18.4 Å². The van der Waals surface area contributed by atoms with Crippen LogP contribution in [0.4, 0.5) is 11.5 Å². The highest BCUT2D eigenvalue weighted by molar-refractivity contribution is 5.76. The van der Waals surface area contributed by atoms with Gasteiger partial charge in [-0.25, -0.2) is 4.98 Å². The van der Waals surface area contributed by atoms with E-state index in [-0.39, 0.29) is 0 Å². The van der Waals surface area contributed by atoms with Crippen molar-refractivity contribution >= 4 is 29.9 Å². The van der Waals surface area contributed by atoms with E-state index in [0.29, 0.717) is 6.04 Å². The monoisotopic (exact) mass is 452 g/mol. The number of likely N-dealkylation sites (tertiary alicyclic amines) is 1. The van der Waals surface area contributed by atoms with Crippen molar-refractivity contribution in [3.8, 4) is 0 Å². The normalized spacial score (nSPS) is 17.7. The van der Waals surface area contributed by atoms with Gasteiger partial charge in [-0.05, 0) is 98.2 Å². The number of aromatic nitrogens is 1. The van der Waals surface area contributed by atoms with Crippen LogP contribution in [0.3, 0.4) is 0 Å². The first-order chi connectivity index (χ1) is 16.4. The lowest BCUT2D eigenvalue weighted by Gasteiger charge is -2.35. The van der Waals surface area contributed by atoms with Crippen LogP contribution >= 0.6 is 0 Å². The maximum atomic E-state index is 4.64. The number of anilines is 2. The molecule has 0 bridgehead atoms. The quantitative estimate of drug-likeness (QED) is 0.659. The van der Waals surface area contributed by atoms with Gasteiger partial charge in [0.25, 0.3) is 0 Å². The van der Waals surface area contributed by atoms with Crippen molar-refractivity contribution in [3.05, 3.63) is 94.6 Å². The lowest BCUT2D eigenvalue weighted by molar-refractivity contribution is 0.252. The van der Waals surface area contributed by atoms with Crippen molar-refractivity contribution in [1.29, 1.82) is 0 Å². The van der Waals surface area contributed by atoms with Crippen LogP contribution in [0.5, 0.6) is 0 Å². The molecule has 1 aliphatic heterocycles. The van der Waals surface area contributed by atoms with Gasteiger partial charge in [0.15, 0.2) is 0 Å². The molecular weight excluding hydrogens is 416 g/mol. The number of pyridine rings is 1. The lowest BCUT2D eigenvalue weighted by Crippen LogP contribution is -2.42. The first kappa shape index (κ1) is 23.8. The molecule has 1 N–H and O–H groups in total. The number of nitrogens with zero attached hydrogens (tertiary/aromatic N) is 3. The van der Waals surface area contributed by atoms with Gasteiger partial charge in [-0.15, -0.1) is 0 Å². The molecule has 4 rings (SSSR count). The Bertz CT molecular complexity index is 1240. The second-order valence-corrected chi connectivity index (χ2v) is 9.25. The third-order valence-corrected chi connectivity index (χ3v) is 6.86. The van der Waals surface area contributed by atoms with Crippen LogP contribution in [0.1, 0.15) is 31.7 Å². The topological polar surface area (TPSA) is 31.4 Å². The molecule has 1 aromatic heterocycles. The van der Waals surface area contributed by atoms with E-state index in [9.17, 15) is 0 Å². The van der Waals surface area contributed by atoms with E-state index >= 15 is 0 Å². The minimum atomic E-state index is 0.522. The summed E-state index contributed by atoms with van der Waals surface area (Å²) in [5.74, 6) is 0.993. The molecule has 34 heavy (non-hydrogen) atoms. The molecule has 0 amide bonds. The fourth-order valence-corrected chi connectivity index (χ4v) is 4.59. The summed E-state index contributed by atoms with van der Waals surface area (Å²) in [6.07, 6.45) is 16.2. The number of allylic oxidation sites excluding steroid dienone is 6. The molecule has 1 fully saturated rings. The van der Waals surface area contributed by atoms with Crippen LogP contribution in [-0.2, 0) is 0 Å². The van der Waals surface area contributed by atoms with E-state index in [1.54, 1.807) is 0 Å². The Morgan fingerprint density at radius 2 is 2.00 bits per heavy atom. The van der Waals surface area contributed by atoms with Gasteiger partial charge in [-0.3, -0.25) is 0 Å². The van der Waals surface area contributed by atoms with Crippen molar-refractivity contribution < 1.29 is 0 Å². The van der Waals surface area contributed by atoms with Gasteiger partial charge in [0.2, 0.25) is 0 Å². The Labute approximate surface area is 204 Å². The number of piperidine rings is 1. The summed E-state index contributed by atoms with van der Waals surface area (Å²) in [5.41, 5.74) is 5.38. The highest BCUT2D eigenvalue weighted by atomic mass is 15.2. The molecule has 4 heteroatoms. The molecular formula is C30H36N4. The number of hydrogen-bond donors (Lipinski definition) is 1. The first-order valence-electron chi connectivity index (χ1n) is 12.1. The van der Waals surface area contributed by atoms with E-state index in [1.165, 1.54) is 11.1 Å². The van der Waals surface area contributed by atoms with Gasteiger partial charge in [0, 0.05) is 36.2 Å².